The van der Waals surface area contributed by atoms with Crippen LogP contribution in [0.25, 0.3) is 0 Å². The predicted molar refractivity (Wildman–Crippen MR) is 68.4 cm³/mol. The van der Waals surface area contributed by atoms with Crippen LogP contribution in [0.4, 0.5) is 0 Å². The van der Waals surface area contributed by atoms with Crippen molar-refractivity contribution in [2.24, 2.45) is 11.3 Å². The van der Waals surface area contributed by atoms with E-state index in [0.29, 0.717) is 11.7 Å². The van der Waals surface area contributed by atoms with Crippen molar-refractivity contribution < 1.29 is 9.53 Å². The molecule has 2 rings (SSSR count). The van der Waals surface area contributed by atoms with Crippen LogP contribution in [0.1, 0.15) is 33.6 Å². The minimum atomic E-state index is -0.0301. The van der Waals surface area contributed by atoms with Gasteiger partial charge in [-0.1, -0.05) is 32.4 Å². The fraction of sp³-hybridized carbons (Fsp3) is 0.533. The van der Waals surface area contributed by atoms with E-state index in [2.05, 4.69) is 26.8 Å². The zero-order chi connectivity index (χ0) is 12.6. The summed E-state index contributed by atoms with van der Waals surface area (Å²) in [7, 11) is 1.56. The number of carbonyl (C=O) groups excluding carboxylic acids is 1. The Hall–Kier alpha value is -1.31. The van der Waals surface area contributed by atoms with E-state index in [0.717, 1.165) is 18.4 Å². The highest BCUT2D eigenvalue weighted by Crippen LogP contribution is 2.44. The molecule has 2 aliphatic carbocycles. The van der Waals surface area contributed by atoms with E-state index in [4.69, 9.17) is 4.74 Å². The first kappa shape index (κ1) is 12.2. The largest absolute Gasteiger partial charge is 0.493 e. The highest BCUT2D eigenvalue weighted by Gasteiger charge is 2.35. The zero-order valence-corrected chi connectivity index (χ0v) is 11.0. The summed E-state index contributed by atoms with van der Waals surface area (Å²) >= 11 is 0. The summed E-state index contributed by atoms with van der Waals surface area (Å²) in [6.07, 6.45) is 8.09. The van der Waals surface area contributed by atoms with Gasteiger partial charge in [0.05, 0.1) is 7.11 Å². The van der Waals surface area contributed by atoms with Crippen LogP contribution in [0, 0.1) is 11.3 Å². The zero-order valence-electron chi connectivity index (χ0n) is 11.0. The van der Waals surface area contributed by atoms with Crippen LogP contribution in [-0.4, -0.2) is 12.9 Å². The molecule has 0 fully saturated rings. The number of ketones is 1. The van der Waals surface area contributed by atoms with Crippen LogP contribution in [0.2, 0.25) is 0 Å². The van der Waals surface area contributed by atoms with E-state index >= 15 is 0 Å². The standard InChI is InChI=1S/C15H20O2/c1-10(2)11-5-6-15(3)9-14(17-4)13(16)8-12(15)7-11/h7-10H,5-6H2,1-4H3/t15-/m0/s1. The average Bonchev–Trinajstić information content (AvgIpc) is 2.28. The van der Waals surface area contributed by atoms with Crippen molar-refractivity contribution in [1.29, 1.82) is 0 Å². The Bertz CT molecular complexity index is 438. The summed E-state index contributed by atoms with van der Waals surface area (Å²) in [5.41, 5.74) is 2.55. The first-order valence-corrected chi connectivity index (χ1v) is 6.20. The topological polar surface area (TPSA) is 26.3 Å². The minimum absolute atomic E-state index is 0.0127. The van der Waals surface area contributed by atoms with Gasteiger partial charge >= 0.3 is 0 Å². The van der Waals surface area contributed by atoms with E-state index in [1.807, 2.05) is 6.08 Å². The third-order valence-electron chi connectivity index (χ3n) is 3.87. The normalized spacial score (nSPS) is 28.3. The van der Waals surface area contributed by atoms with Crippen molar-refractivity contribution in [2.75, 3.05) is 7.11 Å². The first-order chi connectivity index (χ1) is 7.96. The van der Waals surface area contributed by atoms with Gasteiger partial charge in [0.1, 0.15) is 0 Å². The third kappa shape index (κ3) is 2.08. The molecule has 0 bridgehead atoms. The number of rotatable bonds is 2. The molecular formula is C15H20O2. The molecule has 0 aromatic carbocycles. The highest BCUT2D eigenvalue weighted by atomic mass is 16.5. The van der Waals surface area contributed by atoms with Gasteiger partial charge in [0.25, 0.3) is 0 Å². The SMILES string of the molecule is COC1=C[C@]2(C)CCC(C(C)C)=CC2=CC1=O. The molecule has 1 atom stereocenters. The van der Waals surface area contributed by atoms with Gasteiger partial charge in [0.2, 0.25) is 5.78 Å². The highest BCUT2D eigenvalue weighted by molar-refractivity contribution is 6.04. The maximum absolute atomic E-state index is 11.8. The molecule has 2 nitrogen and oxygen atoms in total. The molecule has 0 heterocycles. The molecule has 17 heavy (non-hydrogen) atoms. The Morgan fingerprint density at radius 2 is 2.06 bits per heavy atom. The average molecular weight is 232 g/mol. The molecule has 0 unspecified atom stereocenters. The lowest BCUT2D eigenvalue weighted by molar-refractivity contribution is -0.114. The van der Waals surface area contributed by atoms with Gasteiger partial charge in [-0.3, -0.25) is 4.79 Å². The molecular weight excluding hydrogens is 212 g/mol. The van der Waals surface area contributed by atoms with Crippen molar-refractivity contribution >= 4 is 5.78 Å². The molecule has 0 saturated heterocycles. The third-order valence-corrected chi connectivity index (χ3v) is 3.87. The lowest BCUT2D eigenvalue weighted by Gasteiger charge is -2.36. The summed E-state index contributed by atoms with van der Waals surface area (Å²) in [4.78, 5) is 11.8. The second-order valence-electron chi connectivity index (χ2n) is 5.47. The first-order valence-electron chi connectivity index (χ1n) is 6.20. The minimum Gasteiger partial charge on any atom is -0.493 e. The predicted octanol–water partition coefficient (Wildman–Crippen LogP) is 3.41. The van der Waals surface area contributed by atoms with Crippen LogP contribution < -0.4 is 0 Å². The lowest BCUT2D eigenvalue weighted by Crippen LogP contribution is -2.27. The summed E-state index contributed by atoms with van der Waals surface area (Å²) in [6, 6.07) is 0. The number of methoxy groups -OCH3 is 1. The number of allylic oxidation sites excluding steroid dienone is 5. The van der Waals surface area contributed by atoms with Crippen LogP contribution in [0.15, 0.2) is 35.1 Å². The van der Waals surface area contributed by atoms with E-state index in [1.54, 1.807) is 13.2 Å². The second kappa shape index (κ2) is 4.17. The number of ether oxygens (including phenoxy) is 1. The van der Waals surface area contributed by atoms with Crippen LogP contribution in [0.5, 0.6) is 0 Å². The smallest absolute Gasteiger partial charge is 0.220 e. The molecule has 0 aromatic rings. The van der Waals surface area contributed by atoms with Gasteiger partial charge in [-0.15, -0.1) is 0 Å². The Morgan fingerprint density at radius 3 is 2.65 bits per heavy atom. The van der Waals surface area contributed by atoms with E-state index in [9.17, 15) is 4.79 Å². The molecule has 0 amide bonds. The summed E-state index contributed by atoms with van der Waals surface area (Å²) in [5.74, 6) is 1.03. The fourth-order valence-electron chi connectivity index (χ4n) is 2.53. The van der Waals surface area contributed by atoms with Gasteiger partial charge in [0, 0.05) is 5.41 Å². The maximum Gasteiger partial charge on any atom is 0.220 e. The molecule has 0 N–H and O–H groups in total. The Balaban J connectivity index is 2.40. The Labute approximate surface area is 103 Å². The number of hydrogen-bond acceptors (Lipinski definition) is 2. The lowest BCUT2D eigenvalue weighted by atomic mass is 9.68. The molecule has 0 spiro atoms. The molecule has 0 aromatic heterocycles. The summed E-state index contributed by atoms with van der Waals surface area (Å²) in [5, 5.41) is 0. The Kier molecular flexibility index (Phi) is 2.98. The fourth-order valence-corrected chi connectivity index (χ4v) is 2.53. The van der Waals surface area contributed by atoms with Gasteiger partial charge in [-0.2, -0.15) is 0 Å². The van der Waals surface area contributed by atoms with Crippen molar-refractivity contribution in [1.82, 2.24) is 0 Å². The molecule has 0 radical (unpaired) electrons. The monoisotopic (exact) mass is 232 g/mol. The summed E-state index contributed by atoms with van der Waals surface area (Å²) in [6.45, 7) is 6.59. The number of hydrogen-bond donors (Lipinski definition) is 0. The quantitative estimate of drug-likeness (QED) is 0.729. The van der Waals surface area contributed by atoms with Crippen LogP contribution >= 0.6 is 0 Å². The Morgan fingerprint density at radius 1 is 1.35 bits per heavy atom. The van der Waals surface area contributed by atoms with Gasteiger partial charge < -0.3 is 4.74 Å². The second-order valence-corrected chi connectivity index (χ2v) is 5.47. The maximum atomic E-state index is 11.8. The summed E-state index contributed by atoms with van der Waals surface area (Å²) < 4.78 is 5.14. The van der Waals surface area contributed by atoms with Crippen molar-refractivity contribution in [3.05, 3.63) is 35.1 Å². The van der Waals surface area contributed by atoms with Gasteiger partial charge in [-0.25, -0.2) is 0 Å². The molecule has 0 aliphatic heterocycles. The van der Waals surface area contributed by atoms with Crippen molar-refractivity contribution in [3.63, 3.8) is 0 Å². The van der Waals surface area contributed by atoms with E-state index in [-0.39, 0.29) is 11.2 Å². The van der Waals surface area contributed by atoms with Gasteiger partial charge in [0.15, 0.2) is 5.76 Å². The van der Waals surface area contributed by atoms with E-state index in [1.165, 1.54) is 5.57 Å². The van der Waals surface area contributed by atoms with Crippen LogP contribution in [0.3, 0.4) is 0 Å². The van der Waals surface area contributed by atoms with Crippen molar-refractivity contribution in [2.45, 2.75) is 33.6 Å². The molecule has 92 valence electrons. The van der Waals surface area contributed by atoms with Gasteiger partial charge in [-0.05, 0) is 36.5 Å². The molecule has 2 aliphatic rings. The van der Waals surface area contributed by atoms with Crippen LogP contribution in [-0.2, 0) is 9.53 Å². The number of carbonyl (C=O) groups is 1. The number of fused-ring (bicyclic) bond motifs is 1. The van der Waals surface area contributed by atoms with E-state index < -0.39 is 0 Å². The van der Waals surface area contributed by atoms with Crippen molar-refractivity contribution in [3.8, 4) is 0 Å². The molecule has 0 saturated carbocycles. The molecule has 2 heteroatoms.